The summed E-state index contributed by atoms with van der Waals surface area (Å²) in [5, 5.41) is 6.57. The van der Waals surface area contributed by atoms with Gasteiger partial charge in [0.15, 0.2) is 5.96 Å². The van der Waals surface area contributed by atoms with E-state index < -0.39 is 0 Å². The van der Waals surface area contributed by atoms with Crippen LogP contribution < -0.4 is 10.6 Å². The molecule has 1 unspecified atom stereocenters. The van der Waals surface area contributed by atoms with Crippen molar-refractivity contribution in [2.24, 2.45) is 4.99 Å². The molecule has 0 aliphatic heterocycles. The number of hydrogen-bond donors (Lipinski definition) is 2. The summed E-state index contributed by atoms with van der Waals surface area (Å²) in [6.07, 6.45) is 1.70. The molecule has 2 N–H and O–H groups in total. The monoisotopic (exact) mass is 503 g/mol. The predicted molar refractivity (Wildman–Crippen MR) is 125 cm³/mol. The maximum Gasteiger partial charge on any atom is 0.253 e. The number of carbonyl (C=O) groups excluding carboxylic acids is 2. The van der Waals surface area contributed by atoms with E-state index in [2.05, 4.69) is 29.5 Å². The number of nitrogens with zero attached hydrogens (tertiary/aromatic N) is 3. The molecule has 1 aromatic carbocycles. The quantitative estimate of drug-likeness (QED) is 0.323. The van der Waals surface area contributed by atoms with Gasteiger partial charge in [-0.25, -0.2) is 4.99 Å². The van der Waals surface area contributed by atoms with Crippen LogP contribution in [0.5, 0.6) is 0 Å². The first kappa shape index (κ1) is 26.2. The van der Waals surface area contributed by atoms with Crippen molar-refractivity contribution < 1.29 is 9.59 Å². The highest BCUT2D eigenvalue weighted by atomic mass is 127. The molecular formula is C20H34IN5O2. The molecule has 2 amide bonds. The lowest BCUT2D eigenvalue weighted by Crippen LogP contribution is -2.43. The van der Waals surface area contributed by atoms with E-state index in [4.69, 9.17) is 0 Å². The summed E-state index contributed by atoms with van der Waals surface area (Å²) in [7, 11) is 6.92. The minimum absolute atomic E-state index is 0. The third kappa shape index (κ3) is 9.38. The van der Waals surface area contributed by atoms with Gasteiger partial charge in [0.05, 0.1) is 0 Å². The van der Waals surface area contributed by atoms with Gasteiger partial charge in [-0.3, -0.25) is 9.59 Å². The third-order valence-electron chi connectivity index (χ3n) is 4.15. The van der Waals surface area contributed by atoms with E-state index in [9.17, 15) is 9.59 Å². The highest BCUT2D eigenvalue weighted by Crippen LogP contribution is 2.07. The van der Waals surface area contributed by atoms with Gasteiger partial charge in [0.1, 0.15) is 6.54 Å². The van der Waals surface area contributed by atoms with Gasteiger partial charge in [0, 0.05) is 46.3 Å². The molecule has 1 aromatic rings. The number of guanidine groups is 1. The summed E-state index contributed by atoms with van der Waals surface area (Å²) in [6, 6.07) is 7.89. The molecular weight excluding hydrogens is 469 g/mol. The summed E-state index contributed by atoms with van der Waals surface area (Å²) in [4.78, 5) is 31.3. The van der Waals surface area contributed by atoms with Gasteiger partial charge in [0.25, 0.3) is 5.91 Å². The van der Waals surface area contributed by atoms with Crippen LogP contribution in [0.4, 0.5) is 0 Å². The van der Waals surface area contributed by atoms with Crippen LogP contribution >= 0.6 is 24.0 Å². The van der Waals surface area contributed by atoms with E-state index in [1.807, 2.05) is 24.3 Å². The zero-order valence-corrected chi connectivity index (χ0v) is 20.1. The predicted octanol–water partition coefficient (Wildman–Crippen LogP) is 1.97. The lowest BCUT2D eigenvalue weighted by atomic mass is 10.1. The molecule has 7 nitrogen and oxygen atoms in total. The third-order valence-corrected chi connectivity index (χ3v) is 4.15. The number of benzene rings is 1. The average molecular weight is 503 g/mol. The van der Waals surface area contributed by atoms with Crippen LogP contribution in [0.2, 0.25) is 0 Å². The Morgan fingerprint density at radius 3 is 2.39 bits per heavy atom. The molecule has 28 heavy (non-hydrogen) atoms. The second kappa shape index (κ2) is 13.4. The van der Waals surface area contributed by atoms with Crippen LogP contribution in [0.15, 0.2) is 29.3 Å². The number of rotatable bonds is 8. The second-order valence-corrected chi connectivity index (χ2v) is 6.98. The standard InChI is InChI=1S/C20H33N5O2.HI/c1-7-15(2)23-20(22-14-18(26)24(3)4)21-12-11-16-9-8-10-17(13-16)19(27)25(5)6;/h8-10,13,15H,7,11-12,14H2,1-6H3,(H2,21,22,23);1H. The number of halogens is 1. The highest BCUT2D eigenvalue weighted by molar-refractivity contribution is 14.0. The van der Waals surface area contributed by atoms with Crippen LogP contribution in [0.1, 0.15) is 36.2 Å². The van der Waals surface area contributed by atoms with Crippen LogP contribution in [-0.4, -0.2) is 74.9 Å². The number of amides is 2. The van der Waals surface area contributed by atoms with Crippen molar-refractivity contribution in [1.82, 2.24) is 20.4 Å². The molecule has 0 aliphatic carbocycles. The van der Waals surface area contributed by atoms with Gasteiger partial charge in [-0.05, 0) is 37.5 Å². The van der Waals surface area contributed by atoms with Gasteiger partial charge >= 0.3 is 0 Å². The van der Waals surface area contributed by atoms with Crippen LogP contribution in [0.25, 0.3) is 0 Å². The zero-order valence-electron chi connectivity index (χ0n) is 17.8. The lowest BCUT2D eigenvalue weighted by molar-refractivity contribution is -0.127. The Labute approximate surface area is 186 Å². The zero-order chi connectivity index (χ0) is 20.4. The van der Waals surface area contributed by atoms with E-state index >= 15 is 0 Å². The molecule has 1 atom stereocenters. The first-order valence-corrected chi connectivity index (χ1v) is 9.30. The van der Waals surface area contributed by atoms with Gasteiger partial charge in [-0.2, -0.15) is 0 Å². The molecule has 1 rings (SSSR count). The van der Waals surface area contributed by atoms with Crippen LogP contribution in [-0.2, 0) is 11.2 Å². The fraction of sp³-hybridized carbons (Fsp3) is 0.550. The molecule has 8 heteroatoms. The largest absolute Gasteiger partial charge is 0.356 e. The lowest BCUT2D eigenvalue weighted by Gasteiger charge is -2.18. The van der Waals surface area contributed by atoms with Crippen LogP contribution in [0, 0.1) is 0 Å². The van der Waals surface area contributed by atoms with Crippen molar-refractivity contribution in [2.45, 2.75) is 32.7 Å². The summed E-state index contributed by atoms with van der Waals surface area (Å²) < 4.78 is 0. The van der Waals surface area contributed by atoms with Crippen molar-refractivity contribution >= 4 is 41.8 Å². The smallest absolute Gasteiger partial charge is 0.253 e. The Morgan fingerprint density at radius 2 is 1.82 bits per heavy atom. The van der Waals surface area contributed by atoms with Crippen molar-refractivity contribution in [3.05, 3.63) is 35.4 Å². The Kier molecular flexibility index (Phi) is 12.5. The maximum atomic E-state index is 12.1. The Morgan fingerprint density at radius 1 is 1.14 bits per heavy atom. The fourth-order valence-corrected chi connectivity index (χ4v) is 2.22. The minimum atomic E-state index is -0.0462. The number of hydrogen-bond acceptors (Lipinski definition) is 3. The number of carbonyl (C=O) groups is 2. The number of aliphatic imine (C=N–C) groups is 1. The summed E-state index contributed by atoms with van der Waals surface area (Å²) in [6.45, 7) is 4.92. The molecule has 0 aromatic heterocycles. The minimum Gasteiger partial charge on any atom is -0.356 e. The summed E-state index contributed by atoms with van der Waals surface area (Å²) in [5.74, 6) is 0.572. The van der Waals surface area contributed by atoms with Crippen molar-refractivity contribution in [1.29, 1.82) is 0 Å². The van der Waals surface area contributed by atoms with Gasteiger partial charge in [-0.1, -0.05) is 19.1 Å². The molecule has 0 spiro atoms. The normalized spacial score (nSPS) is 11.9. The van der Waals surface area contributed by atoms with Crippen LogP contribution in [0.3, 0.4) is 0 Å². The summed E-state index contributed by atoms with van der Waals surface area (Å²) >= 11 is 0. The van der Waals surface area contributed by atoms with E-state index in [1.54, 1.807) is 33.1 Å². The van der Waals surface area contributed by atoms with E-state index in [-0.39, 0.29) is 48.4 Å². The van der Waals surface area contributed by atoms with Crippen molar-refractivity contribution in [2.75, 3.05) is 41.3 Å². The highest BCUT2D eigenvalue weighted by Gasteiger charge is 2.09. The SMILES string of the molecule is CCC(C)NC(=NCC(=O)N(C)C)NCCc1cccc(C(=O)N(C)C)c1.I. The van der Waals surface area contributed by atoms with Gasteiger partial charge in [-0.15, -0.1) is 24.0 Å². The number of nitrogens with one attached hydrogen (secondary N) is 2. The van der Waals surface area contributed by atoms with Crippen molar-refractivity contribution in [3.63, 3.8) is 0 Å². The van der Waals surface area contributed by atoms with E-state index in [0.29, 0.717) is 18.1 Å². The molecule has 0 fully saturated rings. The van der Waals surface area contributed by atoms with Gasteiger partial charge in [0.2, 0.25) is 5.91 Å². The maximum absolute atomic E-state index is 12.1. The van der Waals surface area contributed by atoms with Crippen molar-refractivity contribution in [3.8, 4) is 0 Å². The Bertz CT molecular complexity index is 662. The number of likely N-dealkylation sites (N-methyl/N-ethyl adjacent to an activating group) is 1. The Hall–Kier alpha value is -1.84. The second-order valence-electron chi connectivity index (χ2n) is 6.98. The Balaban J connectivity index is 0.00000729. The summed E-state index contributed by atoms with van der Waals surface area (Å²) in [5.41, 5.74) is 1.75. The molecule has 0 heterocycles. The fourth-order valence-electron chi connectivity index (χ4n) is 2.22. The van der Waals surface area contributed by atoms with E-state index in [1.165, 1.54) is 4.90 Å². The average Bonchev–Trinajstić information content (AvgIpc) is 2.64. The molecule has 158 valence electrons. The molecule has 0 radical (unpaired) electrons. The molecule has 0 bridgehead atoms. The first-order chi connectivity index (χ1) is 12.7. The first-order valence-electron chi connectivity index (χ1n) is 9.30. The van der Waals surface area contributed by atoms with E-state index in [0.717, 1.165) is 18.4 Å². The van der Waals surface area contributed by atoms with Gasteiger partial charge < -0.3 is 20.4 Å². The molecule has 0 saturated carbocycles. The molecule has 0 saturated heterocycles. The topological polar surface area (TPSA) is 77.0 Å². The molecule has 0 aliphatic rings.